The van der Waals surface area contributed by atoms with Crippen molar-refractivity contribution in [2.24, 2.45) is 0 Å². The van der Waals surface area contributed by atoms with E-state index in [1.54, 1.807) is 0 Å². The van der Waals surface area contributed by atoms with Gasteiger partial charge in [0.2, 0.25) is 0 Å². The second-order valence-corrected chi connectivity index (χ2v) is 0.785. The topological polar surface area (TPSA) is 40.1 Å². The molecule has 0 aliphatic heterocycles. The first kappa shape index (κ1) is 10.7. The van der Waals surface area contributed by atoms with Gasteiger partial charge in [0.05, 0.1) is 0 Å². The molecule has 52 valence electrons. The van der Waals surface area contributed by atoms with Crippen molar-refractivity contribution in [3.05, 3.63) is 0 Å². The van der Waals surface area contributed by atoms with Gasteiger partial charge >= 0.3 is 23.2 Å². The molecule has 0 saturated carbocycles. The first-order valence-electron chi connectivity index (χ1n) is 1.23. The summed E-state index contributed by atoms with van der Waals surface area (Å²) in [7, 11) is 0. The van der Waals surface area contributed by atoms with Crippen LogP contribution in [0.15, 0.2) is 0 Å². The monoisotopic (exact) mass is 176 g/mol. The SMILES string of the molecule is O=C([O-])C(F)(F)F.[Cu+]. The van der Waals surface area contributed by atoms with Gasteiger partial charge in [0.1, 0.15) is 5.97 Å². The van der Waals surface area contributed by atoms with Gasteiger partial charge in [0.15, 0.2) is 0 Å². The third-order valence-corrected chi connectivity index (χ3v) is 0.231. The van der Waals surface area contributed by atoms with Crippen LogP contribution in [0, 0.1) is 0 Å². The van der Waals surface area contributed by atoms with E-state index in [1.165, 1.54) is 0 Å². The molecule has 0 aliphatic carbocycles. The summed E-state index contributed by atoms with van der Waals surface area (Å²) >= 11 is 0. The third kappa shape index (κ3) is 3.95. The summed E-state index contributed by atoms with van der Waals surface area (Å²) < 4.78 is 31.5. The van der Waals surface area contributed by atoms with Gasteiger partial charge in [-0.15, -0.1) is 0 Å². The number of aliphatic carboxylic acids is 1. The molecule has 0 saturated heterocycles. The largest absolute Gasteiger partial charge is 1.00 e. The van der Waals surface area contributed by atoms with E-state index >= 15 is 0 Å². The van der Waals surface area contributed by atoms with Crippen LogP contribution < -0.4 is 5.11 Å². The van der Waals surface area contributed by atoms with Gasteiger partial charge in [-0.05, 0) is 0 Å². The minimum absolute atomic E-state index is 0. The number of hydrogen-bond donors (Lipinski definition) is 0. The van der Waals surface area contributed by atoms with Crippen LogP contribution >= 0.6 is 0 Å². The fourth-order valence-electron chi connectivity index (χ4n) is 0. The molecular weight excluding hydrogens is 177 g/mol. The predicted molar refractivity (Wildman–Crippen MR) is 11.1 cm³/mol. The van der Waals surface area contributed by atoms with Crippen molar-refractivity contribution in [2.45, 2.75) is 6.18 Å². The van der Waals surface area contributed by atoms with E-state index in [-0.39, 0.29) is 17.1 Å². The van der Waals surface area contributed by atoms with Crippen molar-refractivity contribution >= 4 is 5.97 Å². The zero-order chi connectivity index (χ0) is 6.08. The number of carbonyl (C=O) groups is 1. The van der Waals surface area contributed by atoms with E-state index in [1.807, 2.05) is 0 Å². The van der Waals surface area contributed by atoms with Crippen LogP contribution in [0.4, 0.5) is 13.2 Å². The van der Waals surface area contributed by atoms with Gasteiger partial charge in [-0.2, -0.15) is 13.2 Å². The second kappa shape index (κ2) is 2.94. The van der Waals surface area contributed by atoms with Crippen molar-refractivity contribution in [3.8, 4) is 0 Å². The Bertz CT molecular complexity index is 87.8. The quantitative estimate of drug-likeness (QED) is 0.458. The van der Waals surface area contributed by atoms with Crippen LogP contribution in [0.2, 0.25) is 0 Å². The van der Waals surface area contributed by atoms with Crippen LogP contribution in [0.25, 0.3) is 0 Å². The number of alkyl halides is 3. The number of carboxylic acids is 1. The number of halogens is 3. The summed E-state index contributed by atoms with van der Waals surface area (Å²) in [6, 6.07) is 0. The van der Waals surface area contributed by atoms with Gasteiger partial charge in [0.25, 0.3) is 0 Å². The van der Waals surface area contributed by atoms with Crippen LogP contribution in [0.5, 0.6) is 0 Å². The normalized spacial score (nSPS) is 9.88. The van der Waals surface area contributed by atoms with Crippen molar-refractivity contribution < 1.29 is 40.1 Å². The number of rotatable bonds is 0. The summed E-state index contributed by atoms with van der Waals surface area (Å²) in [5, 5.41) is 8.78. The van der Waals surface area contributed by atoms with Crippen LogP contribution in [-0.2, 0) is 21.9 Å². The standard InChI is InChI=1S/C2HF3O2.Cu/c3-2(4,5)1(6)7;/h(H,6,7);/q;+1/p-1. The summed E-state index contributed by atoms with van der Waals surface area (Å²) in [5.74, 6) is -3.01. The van der Waals surface area contributed by atoms with Crippen molar-refractivity contribution in [1.82, 2.24) is 0 Å². The maximum Gasteiger partial charge on any atom is 1.00 e. The van der Waals surface area contributed by atoms with Crippen molar-refractivity contribution in [1.29, 1.82) is 0 Å². The van der Waals surface area contributed by atoms with Gasteiger partial charge < -0.3 is 9.90 Å². The first-order chi connectivity index (χ1) is 2.94. The van der Waals surface area contributed by atoms with Crippen LogP contribution in [0.3, 0.4) is 0 Å². The van der Waals surface area contributed by atoms with Crippen LogP contribution in [-0.4, -0.2) is 12.1 Å². The van der Waals surface area contributed by atoms with Gasteiger partial charge in [-0.3, -0.25) is 0 Å². The molecule has 0 atom stereocenters. The van der Waals surface area contributed by atoms with Crippen LogP contribution in [0.1, 0.15) is 0 Å². The summed E-state index contributed by atoms with van der Waals surface area (Å²) in [6.07, 6.45) is -5.19. The Morgan fingerprint density at radius 2 is 1.50 bits per heavy atom. The van der Waals surface area contributed by atoms with E-state index in [9.17, 15) is 13.2 Å². The molecule has 0 amide bonds. The molecule has 0 spiro atoms. The number of hydrogen-bond acceptors (Lipinski definition) is 2. The van der Waals surface area contributed by atoms with E-state index < -0.39 is 12.1 Å². The maximum absolute atomic E-state index is 10.5. The fraction of sp³-hybridized carbons (Fsp3) is 0.500. The fourth-order valence-corrected chi connectivity index (χ4v) is 0. The average molecular weight is 177 g/mol. The van der Waals surface area contributed by atoms with E-state index in [0.717, 1.165) is 0 Å². The van der Waals surface area contributed by atoms with E-state index in [4.69, 9.17) is 9.90 Å². The molecule has 0 aromatic heterocycles. The summed E-state index contributed by atoms with van der Waals surface area (Å²) in [4.78, 5) is 8.78. The molecule has 0 rings (SSSR count). The molecule has 0 N–H and O–H groups in total. The molecule has 2 nitrogen and oxygen atoms in total. The smallest absolute Gasteiger partial charge is 0.542 e. The molecule has 0 radical (unpaired) electrons. The first-order valence-corrected chi connectivity index (χ1v) is 1.23. The molecule has 6 heteroatoms. The Labute approximate surface area is 53.2 Å². The minimum atomic E-state index is -5.19. The maximum atomic E-state index is 10.5. The molecule has 0 fully saturated rings. The number of carbonyl (C=O) groups excluding carboxylic acids is 1. The average Bonchev–Trinajstić information content (AvgIpc) is 1.31. The molecular formula is C2CuF3O2. The van der Waals surface area contributed by atoms with Gasteiger partial charge in [0, 0.05) is 0 Å². The zero-order valence-corrected chi connectivity index (χ0v) is 4.19. The molecule has 0 unspecified atom stereocenters. The minimum Gasteiger partial charge on any atom is -0.542 e. The van der Waals surface area contributed by atoms with E-state index in [2.05, 4.69) is 0 Å². The van der Waals surface area contributed by atoms with Crippen molar-refractivity contribution in [2.75, 3.05) is 0 Å². The Morgan fingerprint density at radius 3 is 1.50 bits per heavy atom. The summed E-state index contributed by atoms with van der Waals surface area (Å²) in [6.45, 7) is 0. The molecule has 0 aromatic carbocycles. The molecule has 0 aliphatic rings. The van der Waals surface area contributed by atoms with Gasteiger partial charge in [-0.1, -0.05) is 0 Å². The van der Waals surface area contributed by atoms with E-state index in [0.29, 0.717) is 0 Å². The Morgan fingerprint density at radius 1 is 1.38 bits per heavy atom. The third-order valence-electron chi connectivity index (χ3n) is 0.231. The second-order valence-electron chi connectivity index (χ2n) is 0.785. The molecule has 0 heterocycles. The van der Waals surface area contributed by atoms with Gasteiger partial charge in [-0.25, -0.2) is 0 Å². The van der Waals surface area contributed by atoms with Crippen molar-refractivity contribution in [3.63, 3.8) is 0 Å². The predicted octanol–water partition coefficient (Wildman–Crippen LogP) is -0.704. The summed E-state index contributed by atoms with van der Waals surface area (Å²) in [5.41, 5.74) is 0. The number of carboxylic acid groups (broad SMARTS) is 1. The molecule has 0 bridgehead atoms. The Hall–Kier alpha value is -0.221. The Kier molecular flexibility index (Phi) is 3.93. The Balaban J connectivity index is 0. The molecule has 0 aromatic rings. The zero-order valence-electron chi connectivity index (χ0n) is 3.25. The molecule has 8 heavy (non-hydrogen) atoms.